The molecular weight excluding hydrogens is 236 g/mol. The van der Waals surface area contributed by atoms with E-state index in [4.69, 9.17) is 4.74 Å². The van der Waals surface area contributed by atoms with Gasteiger partial charge in [0.05, 0.1) is 24.2 Å². The average molecular weight is 252 g/mol. The van der Waals surface area contributed by atoms with Crippen LogP contribution in [0, 0.1) is 10.1 Å². The number of nitro benzene ring substituents is 1. The summed E-state index contributed by atoms with van der Waals surface area (Å²) in [6.07, 6.45) is 2.33. The Labute approximate surface area is 105 Å². The van der Waals surface area contributed by atoms with Crippen molar-refractivity contribution in [3.63, 3.8) is 0 Å². The maximum absolute atomic E-state index is 10.8. The van der Waals surface area contributed by atoms with E-state index in [9.17, 15) is 15.2 Å². The lowest BCUT2D eigenvalue weighted by Crippen LogP contribution is -2.27. The second kappa shape index (κ2) is 5.22. The lowest BCUT2D eigenvalue weighted by Gasteiger charge is -2.18. The fourth-order valence-electron chi connectivity index (χ4n) is 2.24. The van der Waals surface area contributed by atoms with Crippen LogP contribution in [0.25, 0.3) is 0 Å². The molecule has 0 aliphatic heterocycles. The number of hydrogen-bond acceptors (Lipinski definition) is 5. The monoisotopic (exact) mass is 252 g/mol. The summed E-state index contributed by atoms with van der Waals surface area (Å²) < 4.78 is 4.99. The van der Waals surface area contributed by atoms with Crippen LogP contribution < -0.4 is 10.1 Å². The minimum absolute atomic E-state index is 0.0103. The van der Waals surface area contributed by atoms with Crippen molar-refractivity contribution in [2.45, 2.75) is 31.4 Å². The molecule has 2 atom stereocenters. The molecule has 2 rings (SSSR count). The quantitative estimate of drug-likeness (QED) is 0.631. The van der Waals surface area contributed by atoms with Crippen LogP contribution in [-0.2, 0) is 0 Å². The molecule has 1 saturated carbocycles. The fourth-order valence-corrected chi connectivity index (χ4v) is 2.24. The summed E-state index contributed by atoms with van der Waals surface area (Å²) in [5.74, 6) is 0.220. The molecule has 0 bridgehead atoms. The minimum atomic E-state index is -0.479. The smallest absolute Gasteiger partial charge is 0.311 e. The van der Waals surface area contributed by atoms with Gasteiger partial charge in [0.25, 0.3) is 0 Å². The van der Waals surface area contributed by atoms with Gasteiger partial charge < -0.3 is 15.2 Å². The standard InChI is InChI=1S/C12H16N2O4/c1-18-12-7-8(5-6-10(12)14(16)17)13-9-3-2-4-11(9)15/h5-7,9,11,13,15H,2-4H2,1H3/t9-,11+/m0/s1. The number of hydrogen-bond donors (Lipinski definition) is 2. The number of rotatable bonds is 4. The predicted octanol–water partition coefficient (Wildman–Crippen LogP) is 1.93. The van der Waals surface area contributed by atoms with Gasteiger partial charge >= 0.3 is 5.69 Å². The second-order valence-corrected chi connectivity index (χ2v) is 4.39. The lowest BCUT2D eigenvalue weighted by atomic mass is 10.2. The number of benzene rings is 1. The molecule has 1 aromatic carbocycles. The van der Waals surface area contributed by atoms with Gasteiger partial charge in [0, 0.05) is 17.8 Å². The summed E-state index contributed by atoms with van der Waals surface area (Å²) in [4.78, 5) is 10.3. The number of ether oxygens (including phenoxy) is 1. The molecule has 0 radical (unpaired) electrons. The second-order valence-electron chi connectivity index (χ2n) is 4.39. The zero-order valence-electron chi connectivity index (χ0n) is 10.1. The van der Waals surface area contributed by atoms with Crippen molar-refractivity contribution in [1.82, 2.24) is 0 Å². The van der Waals surface area contributed by atoms with Crippen LogP contribution >= 0.6 is 0 Å². The zero-order valence-corrected chi connectivity index (χ0v) is 10.1. The maximum atomic E-state index is 10.8. The molecule has 0 spiro atoms. The minimum Gasteiger partial charge on any atom is -0.490 e. The molecule has 6 heteroatoms. The van der Waals surface area contributed by atoms with Crippen LogP contribution in [0.1, 0.15) is 19.3 Å². The third-order valence-corrected chi connectivity index (χ3v) is 3.21. The number of methoxy groups -OCH3 is 1. The Morgan fingerprint density at radius 1 is 1.50 bits per heavy atom. The van der Waals surface area contributed by atoms with Gasteiger partial charge in [-0.1, -0.05) is 0 Å². The Bertz CT molecular complexity index is 450. The SMILES string of the molecule is COc1cc(N[C@H]2CCC[C@H]2O)ccc1[N+](=O)[O-]. The van der Waals surface area contributed by atoms with Crippen LogP contribution in [-0.4, -0.2) is 29.3 Å². The summed E-state index contributed by atoms with van der Waals surface area (Å²) in [6.45, 7) is 0. The van der Waals surface area contributed by atoms with Crippen LogP contribution in [0.3, 0.4) is 0 Å². The predicted molar refractivity (Wildman–Crippen MR) is 66.9 cm³/mol. The van der Waals surface area contributed by atoms with Gasteiger partial charge in [-0.15, -0.1) is 0 Å². The van der Waals surface area contributed by atoms with Crippen molar-refractivity contribution in [1.29, 1.82) is 0 Å². The summed E-state index contributed by atoms with van der Waals surface area (Å²) in [6, 6.07) is 4.63. The Morgan fingerprint density at radius 2 is 2.28 bits per heavy atom. The molecule has 18 heavy (non-hydrogen) atoms. The summed E-state index contributed by atoms with van der Waals surface area (Å²) in [5, 5.41) is 23.7. The van der Waals surface area contributed by atoms with Gasteiger partial charge in [-0.05, 0) is 25.3 Å². The number of nitro groups is 1. The van der Waals surface area contributed by atoms with E-state index in [0.717, 1.165) is 24.9 Å². The highest BCUT2D eigenvalue weighted by molar-refractivity contribution is 5.58. The Hall–Kier alpha value is -1.82. The van der Waals surface area contributed by atoms with E-state index in [2.05, 4.69) is 5.32 Å². The highest BCUT2D eigenvalue weighted by Crippen LogP contribution is 2.31. The van der Waals surface area contributed by atoms with Crippen LogP contribution in [0.15, 0.2) is 18.2 Å². The van der Waals surface area contributed by atoms with E-state index in [-0.39, 0.29) is 23.6 Å². The summed E-state index contributed by atoms with van der Waals surface area (Å²) >= 11 is 0. The summed E-state index contributed by atoms with van der Waals surface area (Å²) in [5.41, 5.74) is 0.665. The average Bonchev–Trinajstić information content (AvgIpc) is 2.74. The third-order valence-electron chi connectivity index (χ3n) is 3.21. The topological polar surface area (TPSA) is 84.6 Å². The number of aliphatic hydroxyl groups is 1. The third kappa shape index (κ3) is 2.53. The van der Waals surface area contributed by atoms with Crippen molar-refractivity contribution < 1.29 is 14.8 Å². The number of anilines is 1. The van der Waals surface area contributed by atoms with E-state index in [1.807, 2.05) is 0 Å². The van der Waals surface area contributed by atoms with Gasteiger partial charge in [-0.25, -0.2) is 0 Å². The molecule has 98 valence electrons. The zero-order chi connectivity index (χ0) is 13.1. The molecule has 0 saturated heterocycles. The fraction of sp³-hybridized carbons (Fsp3) is 0.500. The lowest BCUT2D eigenvalue weighted by molar-refractivity contribution is -0.385. The largest absolute Gasteiger partial charge is 0.490 e. The highest BCUT2D eigenvalue weighted by atomic mass is 16.6. The van der Waals surface area contributed by atoms with E-state index >= 15 is 0 Å². The van der Waals surface area contributed by atoms with Gasteiger partial charge in [0.15, 0.2) is 5.75 Å². The van der Waals surface area contributed by atoms with Crippen LogP contribution in [0.4, 0.5) is 11.4 Å². The van der Waals surface area contributed by atoms with Crippen molar-refractivity contribution in [3.05, 3.63) is 28.3 Å². The first kappa shape index (κ1) is 12.6. The van der Waals surface area contributed by atoms with Gasteiger partial charge in [0.2, 0.25) is 0 Å². The number of nitrogens with zero attached hydrogens (tertiary/aromatic N) is 1. The molecule has 1 aliphatic rings. The summed E-state index contributed by atoms with van der Waals surface area (Å²) in [7, 11) is 1.40. The van der Waals surface area contributed by atoms with Crippen molar-refractivity contribution in [2.24, 2.45) is 0 Å². The molecule has 1 aromatic rings. The molecule has 1 aliphatic carbocycles. The van der Waals surface area contributed by atoms with E-state index in [0.29, 0.717) is 0 Å². The highest BCUT2D eigenvalue weighted by Gasteiger charge is 2.25. The van der Waals surface area contributed by atoms with E-state index in [1.165, 1.54) is 13.2 Å². The van der Waals surface area contributed by atoms with Gasteiger partial charge in [0.1, 0.15) is 0 Å². The van der Waals surface area contributed by atoms with Crippen LogP contribution in [0.2, 0.25) is 0 Å². The molecule has 0 aromatic heterocycles. The Balaban J connectivity index is 2.17. The first-order valence-electron chi connectivity index (χ1n) is 5.89. The molecule has 1 fully saturated rings. The molecule has 0 heterocycles. The normalized spacial score (nSPS) is 22.8. The van der Waals surface area contributed by atoms with Gasteiger partial charge in [-0.2, -0.15) is 0 Å². The van der Waals surface area contributed by atoms with Crippen molar-refractivity contribution in [2.75, 3.05) is 12.4 Å². The van der Waals surface area contributed by atoms with E-state index in [1.54, 1.807) is 12.1 Å². The first-order valence-corrected chi connectivity index (χ1v) is 5.89. The number of nitrogens with one attached hydrogen (secondary N) is 1. The maximum Gasteiger partial charge on any atom is 0.311 e. The molecule has 2 N–H and O–H groups in total. The molecule has 0 unspecified atom stereocenters. The van der Waals surface area contributed by atoms with Crippen molar-refractivity contribution >= 4 is 11.4 Å². The van der Waals surface area contributed by atoms with E-state index < -0.39 is 4.92 Å². The first-order chi connectivity index (χ1) is 8.61. The molecule has 6 nitrogen and oxygen atoms in total. The molecule has 0 amide bonds. The van der Waals surface area contributed by atoms with Crippen molar-refractivity contribution in [3.8, 4) is 5.75 Å². The van der Waals surface area contributed by atoms with Gasteiger partial charge in [-0.3, -0.25) is 10.1 Å². The Morgan fingerprint density at radius 3 is 2.83 bits per heavy atom. The number of aliphatic hydroxyl groups excluding tert-OH is 1. The Kier molecular flexibility index (Phi) is 3.66. The van der Waals surface area contributed by atoms with Crippen LogP contribution in [0.5, 0.6) is 5.75 Å². The molecular formula is C12H16N2O4.